The molecule has 0 spiro atoms. The van der Waals surface area contributed by atoms with E-state index in [4.69, 9.17) is 4.74 Å². The van der Waals surface area contributed by atoms with Gasteiger partial charge in [-0.15, -0.1) is 11.3 Å². The Morgan fingerprint density at radius 3 is 2.52 bits per heavy atom. The van der Waals surface area contributed by atoms with Gasteiger partial charge in [0.2, 0.25) is 0 Å². The molecule has 0 aliphatic heterocycles. The van der Waals surface area contributed by atoms with E-state index < -0.39 is 6.10 Å². The average molecular weight is 334 g/mol. The van der Waals surface area contributed by atoms with Gasteiger partial charge in [0.25, 0.3) is 5.91 Å². The molecule has 1 amide bonds. The molecule has 6 heteroatoms. The van der Waals surface area contributed by atoms with Crippen LogP contribution in [0.3, 0.4) is 0 Å². The number of amides is 1. The minimum Gasteiger partial charge on any atom is -0.497 e. The first-order chi connectivity index (χ1) is 10.9. The van der Waals surface area contributed by atoms with Crippen LogP contribution in [0.4, 0.5) is 0 Å². The number of aliphatic hydroxyl groups is 1. The molecule has 0 bridgehead atoms. The Morgan fingerprint density at radius 2 is 2.00 bits per heavy atom. The fraction of sp³-hybridized carbons (Fsp3) is 0.412. The molecule has 1 aromatic heterocycles. The van der Waals surface area contributed by atoms with Crippen LogP contribution in [0, 0.1) is 6.92 Å². The fourth-order valence-electron chi connectivity index (χ4n) is 2.09. The van der Waals surface area contributed by atoms with Crippen LogP contribution in [0.25, 0.3) is 0 Å². The van der Waals surface area contributed by atoms with E-state index in [0.29, 0.717) is 10.8 Å². The standard InChI is InChI=1S/C17H22N2O3S/c1-10(2)17-19-11(3)15(23-17)16(21)18-9-14(20)12-5-7-13(22-4)8-6-12/h5-8,10,14,20H,9H2,1-4H3,(H,18,21). The lowest BCUT2D eigenvalue weighted by molar-refractivity contribution is 0.0919. The van der Waals surface area contributed by atoms with E-state index >= 15 is 0 Å². The smallest absolute Gasteiger partial charge is 0.263 e. The summed E-state index contributed by atoms with van der Waals surface area (Å²) in [6.45, 7) is 6.08. The SMILES string of the molecule is COc1ccc(C(O)CNC(=O)c2sc(C(C)C)nc2C)cc1. The van der Waals surface area contributed by atoms with E-state index in [1.165, 1.54) is 11.3 Å². The summed E-state index contributed by atoms with van der Waals surface area (Å²) in [6, 6.07) is 7.13. The van der Waals surface area contributed by atoms with Crippen LogP contribution < -0.4 is 10.1 Å². The van der Waals surface area contributed by atoms with Gasteiger partial charge < -0.3 is 15.2 Å². The molecule has 0 fully saturated rings. The van der Waals surface area contributed by atoms with Crippen LogP contribution in [0.5, 0.6) is 5.75 Å². The van der Waals surface area contributed by atoms with Gasteiger partial charge in [-0.25, -0.2) is 4.98 Å². The number of rotatable bonds is 6. The second-order valence-corrected chi connectivity index (χ2v) is 6.65. The third-order valence-corrected chi connectivity index (χ3v) is 4.93. The number of hydrogen-bond donors (Lipinski definition) is 2. The molecule has 124 valence electrons. The lowest BCUT2D eigenvalue weighted by Gasteiger charge is -2.12. The van der Waals surface area contributed by atoms with Crippen molar-refractivity contribution in [3.05, 3.63) is 45.4 Å². The maximum absolute atomic E-state index is 12.3. The van der Waals surface area contributed by atoms with Gasteiger partial charge in [0.05, 0.1) is 23.9 Å². The molecule has 1 atom stereocenters. The molecule has 5 nitrogen and oxygen atoms in total. The summed E-state index contributed by atoms with van der Waals surface area (Å²) in [5.41, 5.74) is 1.46. The summed E-state index contributed by atoms with van der Waals surface area (Å²) >= 11 is 1.41. The van der Waals surface area contributed by atoms with Crippen molar-refractivity contribution in [3.8, 4) is 5.75 Å². The van der Waals surface area contributed by atoms with Crippen molar-refractivity contribution >= 4 is 17.2 Å². The highest BCUT2D eigenvalue weighted by Crippen LogP contribution is 2.24. The van der Waals surface area contributed by atoms with Gasteiger partial charge in [-0.05, 0) is 24.6 Å². The first-order valence-corrected chi connectivity index (χ1v) is 8.31. The predicted octanol–water partition coefficient (Wildman–Crippen LogP) is 3.05. The number of ether oxygens (including phenoxy) is 1. The zero-order chi connectivity index (χ0) is 17.0. The monoisotopic (exact) mass is 334 g/mol. The summed E-state index contributed by atoms with van der Waals surface area (Å²) in [5.74, 6) is 0.830. The van der Waals surface area contributed by atoms with E-state index in [1.807, 2.05) is 20.8 Å². The lowest BCUT2D eigenvalue weighted by Crippen LogP contribution is -2.28. The van der Waals surface area contributed by atoms with Crippen molar-refractivity contribution < 1.29 is 14.6 Å². The number of aliphatic hydroxyl groups excluding tert-OH is 1. The quantitative estimate of drug-likeness (QED) is 0.852. The van der Waals surface area contributed by atoms with Gasteiger partial charge >= 0.3 is 0 Å². The van der Waals surface area contributed by atoms with Crippen LogP contribution >= 0.6 is 11.3 Å². The molecule has 0 aliphatic rings. The molecule has 0 aliphatic carbocycles. The number of nitrogens with one attached hydrogen (secondary N) is 1. The van der Waals surface area contributed by atoms with E-state index in [-0.39, 0.29) is 12.5 Å². The summed E-state index contributed by atoms with van der Waals surface area (Å²) in [7, 11) is 1.59. The van der Waals surface area contributed by atoms with E-state index in [1.54, 1.807) is 31.4 Å². The lowest BCUT2D eigenvalue weighted by atomic mass is 10.1. The second kappa shape index (κ2) is 7.57. The largest absolute Gasteiger partial charge is 0.497 e. The molecular formula is C17H22N2O3S. The number of carbonyl (C=O) groups is 1. The summed E-state index contributed by atoms with van der Waals surface area (Å²) in [6.07, 6.45) is -0.761. The van der Waals surface area contributed by atoms with Gasteiger partial charge in [0.15, 0.2) is 0 Å². The topological polar surface area (TPSA) is 71.5 Å². The number of aromatic nitrogens is 1. The van der Waals surface area contributed by atoms with Gasteiger partial charge in [-0.2, -0.15) is 0 Å². The van der Waals surface area contributed by atoms with Crippen molar-refractivity contribution in [2.45, 2.75) is 32.8 Å². The van der Waals surface area contributed by atoms with Crippen LogP contribution in [0.15, 0.2) is 24.3 Å². The number of thiazole rings is 1. The van der Waals surface area contributed by atoms with E-state index in [0.717, 1.165) is 22.0 Å². The molecule has 0 radical (unpaired) electrons. The first-order valence-electron chi connectivity index (χ1n) is 7.50. The Balaban J connectivity index is 1.97. The van der Waals surface area contributed by atoms with Crippen molar-refractivity contribution in [2.24, 2.45) is 0 Å². The summed E-state index contributed by atoms with van der Waals surface area (Å²) in [4.78, 5) is 17.3. The maximum Gasteiger partial charge on any atom is 0.263 e. The molecule has 1 unspecified atom stereocenters. The summed E-state index contributed by atoms with van der Waals surface area (Å²) in [5, 5.41) is 13.9. The van der Waals surface area contributed by atoms with Gasteiger partial charge in [-0.3, -0.25) is 4.79 Å². The minimum atomic E-state index is -0.761. The molecule has 2 rings (SSSR count). The first kappa shape index (κ1) is 17.4. The number of carbonyl (C=O) groups excluding carboxylic acids is 1. The third kappa shape index (κ3) is 4.30. The van der Waals surface area contributed by atoms with E-state index in [9.17, 15) is 9.90 Å². The third-order valence-electron chi connectivity index (χ3n) is 3.47. The van der Waals surface area contributed by atoms with Gasteiger partial charge in [0.1, 0.15) is 10.6 Å². The highest BCUT2D eigenvalue weighted by atomic mass is 32.1. The fourth-order valence-corrected chi connectivity index (χ4v) is 3.07. The average Bonchev–Trinajstić information content (AvgIpc) is 2.94. The van der Waals surface area contributed by atoms with Crippen molar-refractivity contribution in [1.82, 2.24) is 10.3 Å². The maximum atomic E-state index is 12.3. The Labute approximate surface area is 140 Å². The molecule has 1 aromatic carbocycles. The highest BCUT2D eigenvalue weighted by Gasteiger charge is 2.18. The Kier molecular flexibility index (Phi) is 5.74. The number of hydrogen-bond acceptors (Lipinski definition) is 5. The van der Waals surface area contributed by atoms with E-state index in [2.05, 4.69) is 10.3 Å². The highest BCUT2D eigenvalue weighted by molar-refractivity contribution is 7.13. The second-order valence-electron chi connectivity index (χ2n) is 5.62. The van der Waals surface area contributed by atoms with Crippen molar-refractivity contribution in [3.63, 3.8) is 0 Å². The zero-order valence-electron chi connectivity index (χ0n) is 13.8. The van der Waals surface area contributed by atoms with Crippen LogP contribution in [-0.2, 0) is 0 Å². The minimum absolute atomic E-state index is 0.152. The Bertz CT molecular complexity index is 665. The van der Waals surface area contributed by atoms with Crippen LogP contribution in [0.1, 0.15) is 51.8 Å². The van der Waals surface area contributed by atoms with Gasteiger partial charge in [0, 0.05) is 12.5 Å². The molecule has 2 N–H and O–H groups in total. The van der Waals surface area contributed by atoms with Crippen molar-refractivity contribution in [1.29, 1.82) is 0 Å². The molecule has 1 heterocycles. The molecule has 2 aromatic rings. The molecular weight excluding hydrogens is 312 g/mol. The Morgan fingerprint density at radius 1 is 1.35 bits per heavy atom. The number of methoxy groups -OCH3 is 1. The molecule has 23 heavy (non-hydrogen) atoms. The summed E-state index contributed by atoms with van der Waals surface area (Å²) < 4.78 is 5.08. The number of benzene rings is 1. The van der Waals surface area contributed by atoms with Crippen LogP contribution in [-0.4, -0.2) is 29.7 Å². The number of aryl methyl sites for hydroxylation is 1. The Hall–Kier alpha value is -1.92. The van der Waals surface area contributed by atoms with Gasteiger partial charge in [-0.1, -0.05) is 26.0 Å². The normalized spacial score (nSPS) is 12.3. The molecule has 0 saturated carbocycles. The molecule has 0 saturated heterocycles. The van der Waals surface area contributed by atoms with Crippen LogP contribution in [0.2, 0.25) is 0 Å². The predicted molar refractivity (Wildman–Crippen MR) is 91.2 cm³/mol. The number of nitrogens with zero attached hydrogens (tertiary/aromatic N) is 1. The van der Waals surface area contributed by atoms with Crippen molar-refractivity contribution in [2.75, 3.05) is 13.7 Å². The zero-order valence-corrected chi connectivity index (χ0v) is 14.6.